The van der Waals surface area contributed by atoms with E-state index in [1.54, 1.807) is 14.2 Å². The number of carbonyl (C=O) groups is 3. The molecule has 2 amide bonds. The summed E-state index contributed by atoms with van der Waals surface area (Å²) in [7, 11) is 6.20. The minimum absolute atomic E-state index is 0.241. The molecule has 0 aromatic rings. The highest BCUT2D eigenvalue weighted by Crippen LogP contribution is 2.05. The number of halogens is 1. The van der Waals surface area contributed by atoms with Crippen LogP contribution in [0.2, 0.25) is 0 Å². The Bertz CT molecular complexity index is 568. The molecule has 0 atom stereocenters. The van der Waals surface area contributed by atoms with Crippen molar-refractivity contribution in [3.63, 3.8) is 0 Å². The second-order valence-corrected chi connectivity index (χ2v) is 7.56. The number of carbonyl (C=O) groups excluding carboxylic acids is 3. The van der Waals surface area contributed by atoms with Crippen molar-refractivity contribution in [3.8, 4) is 0 Å². The average Bonchev–Trinajstić information content (AvgIpc) is 2.91. The standard InChI is InChI=1S/C14H24N2O4.C8H20N2O2.C3H3ClO/c1-5-13(17)15(19-3)11-9-7-8-10-12-16(20-4)14(18)6-2;1-11-9-7-5-3-4-6-8-10-12-2;1-2-3(4)5/h5-6H,1-2,7-12H2,3-4H3;9-10H,3-8H2,1-2H3;2H,1H2. The zero-order valence-electron chi connectivity index (χ0n) is 23.0. The molecule has 37 heavy (non-hydrogen) atoms. The zero-order chi connectivity index (χ0) is 28.7. The molecule has 0 heterocycles. The van der Waals surface area contributed by atoms with Gasteiger partial charge in [-0.25, -0.2) is 21.1 Å². The van der Waals surface area contributed by atoms with E-state index in [0.29, 0.717) is 13.1 Å². The lowest BCUT2D eigenvalue weighted by Gasteiger charge is -2.18. The van der Waals surface area contributed by atoms with Crippen molar-refractivity contribution in [1.29, 1.82) is 0 Å². The Balaban J connectivity index is -0.000000572. The van der Waals surface area contributed by atoms with Gasteiger partial charge in [0.1, 0.15) is 0 Å². The number of hydroxylamine groups is 6. The lowest BCUT2D eigenvalue weighted by Crippen LogP contribution is -2.29. The number of hydrogen-bond donors (Lipinski definition) is 2. The third kappa shape index (κ3) is 30.0. The van der Waals surface area contributed by atoms with Crippen LogP contribution >= 0.6 is 11.6 Å². The molecule has 0 unspecified atom stereocenters. The predicted molar refractivity (Wildman–Crippen MR) is 146 cm³/mol. The van der Waals surface area contributed by atoms with Gasteiger partial charge in [0.15, 0.2) is 0 Å². The first-order valence-electron chi connectivity index (χ1n) is 12.1. The summed E-state index contributed by atoms with van der Waals surface area (Å²) in [5.41, 5.74) is 5.62. The van der Waals surface area contributed by atoms with E-state index < -0.39 is 5.24 Å². The number of nitrogens with one attached hydrogen (secondary N) is 2. The van der Waals surface area contributed by atoms with Gasteiger partial charge in [0, 0.05) is 26.2 Å². The maximum atomic E-state index is 11.3. The third-order valence-electron chi connectivity index (χ3n) is 4.51. The van der Waals surface area contributed by atoms with Crippen LogP contribution in [0.15, 0.2) is 38.0 Å². The molecule has 0 saturated heterocycles. The number of hydrogen-bond acceptors (Lipinski definition) is 9. The minimum atomic E-state index is -0.509. The number of nitrogens with zero attached hydrogens (tertiary/aromatic N) is 2. The topological polar surface area (TPSA) is 119 Å². The van der Waals surface area contributed by atoms with Gasteiger partial charge in [-0.2, -0.15) is 0 Å². The molecule has 0 fully saturated rings. The number of unbranched alkanes of at least 4 members (excludes halogenated alkanes) is 6. The van der Waals surface area contributed by atoms with Crippen molar-refractivity contribution in [1.82, 2.24) is 21.1 Å². The second kappa shape index (κ2) is 31.9. The molecule has 0 rings (SSSR count). The molecule has 2 N–H and O–H groups in total. The van der Waals surface area contributed by atoms with Crippen LogP contribution in [-0.4, -0.2) is 81.8 Å². The molecule has 11 nitrogen and oxygen atoms in total. The lowest BCUT2D eigenvalue weighted by atomic mass is 10.2. The molecule has 12 heteroatoms. The van der Waals surface area contributed by atoms with Crippen molar-refractivity contribution in [2.75, 3.05) is 54.6 Å². The van der Waals surface area contributed by atoms with Crippen molar-refractivity contribution < 1.29 is 33.7 Å². The normalized spacial score (nSPS) is 9.65. The number of allylic oxidation sites excluding steroid dienone is 1. The Hall–Kier alpha value is -2.12. The van der Waals surface area contributed by atoms with Crippen LogP contribution in [0.1, 0.15) is 51.4 Å². The molecular weight excluding hydrogens is 504 g/mol. The molecular formula is C25H47ClN4O7. The summed E-state index contributed by atoms with van der Waals surface area (Å²) in [6.07, 6.45) is 11.8. The summed E-state index contributed by atoms with van der Waals surface area (Å²) in [6, 6.07) is 0. The SMILES string of the molecule is C=CC(=O)Cl.C=CC(=O)N(CCCCCCN(OC)C(=O)C=C)OC.CONCCCCCCNOC. The maximum absolute atomic E-state index is 11.3. The fraction of sp³-hybridized carbons (Fsp3) is 0.640. The summed E-state index contributed by atoms with van der Waals surface area (Å²) in [6.45, 7) is 12.8. The Morgan fingerprint density at radius 2 is 0.973 bits per heavy atom. The molecule has 0 spiro atoms. The summed E-state index contributed by atoms with van der Waals surface area (Å²) in [4.78, 5) is 51.4. The van der Waals surface area contributed by atoms with E-state index in [1.165, 1.54) is 62.2 Å². The van der Waals surface area contributed by atoms with Gasteiger partial charge in [-0.05, 0) is 55.5 Å². The van der Waals surface area contributed by atoms with Gasteiger partial charge in [0.05, 0.1) is 28.4 Å². The quantitative estimate of drug-likeness (QED) is 0.0957. The van der Waals surface area contributed by atoms with E-state index >= 15 is 0 Å². The van der Waals surface area contributed by atoms with Crippen LogP contribution in [0.5, 0.6) is 0 Å². The van der Waals surface area contributed by atoms with Gasteiger partial charge in [-0.15, -0.1) is 0 Å². The van der Waals surface area contributed by atoms with Crippen LogP contribution in [-0.2, 0) is 33.7 Å². The Kier molecular flexibility index (Phi) is 34.0. The molecule has 0 aromatic carbocycles. The van der Waals surface area contributed by atoms with E-state index in [1.807, 2.05) is 0 Å². The third-order valence-corrected chi connectivity index (χ3v) is 4.67. The first-order chi connectivity index (χ1) is 17.8. The molecule has 0 aliphatic rings. The molecule has 0 aliphatic heterocycles. The first kappa shape index (κ1) is 39.4. The largest absolute Gasteiger partial charge is 0.305 e. The minimum Gasteiger partial charge on any atom is -0.305 e. The molecule has 0 aromatic heterocycles. The number of rotatable bonds is 21. The van der Waals surface area contributed by atoms with Gasteiger partial charge in [-0.1, -0.05) is 45.4 Å². The van der Waals surface area contributed by atoms with E-state index in [9.17, 15) is 14.4 Å². The van der Waals surface area contributed by atoms with Crippen molar-refractivity contribution >= 4 is 28.7 Å². The first-order valence-corrected chi connectivity index (χ1v) is 12.5. The monoisotopic (exact) mass is 550 g/mol. The van der Waals surface area contributed by atoms with E-state index in [0.717, 1.165) is 44.8 Å². The van der Waals surface area contributed by atoms with Crippen LogP contribution < -0.4 is 11.0 Å². The summed E-state index contributed by atoms with van der Waals surface area (Å²) < 4.78 is 0. The van der Waals surface area contributed by atoms with Crippen molar-refractivity contribution in [2.24, 2.45) is 0 Å². The molecule has 0 aliphatic carbocycles. The second-order valence-electron chi connectivity index (χ2n) is 7.19. The Labute approximate surface area is 227 Å². The summed E-state index contributed by atoms with van der Waals surface area (Å²) in [5.74, 6) is -0.482. The van der Waals surface area contributed by atoms with Crippen LogP contribution in [0.4, 0.5) is 0 Å². The average molecular weight is 551 g/mol. The highest BCUT2D eigenvalue weighted by atomic mass is 35.5. The molecule has 0 radical (unpaired) electrons. The van der Waals surface area contributed by atoms with Crippen LogP contribution in [0, 0.1) is 0 Å². The molecule has 0 saturated carbocycles. The fourth-order valence-electron chi connectivity index (χ4n) is 2.60. The highest BCUT2D eigenvalue weighted by Gasteiger charge is 2.10. The Morgan fingerprint density at radius 1 is 0.649 bits per heavy atom. The highest BCUT2D eigenvalue weighted by molar-refractivity contribution is 6.66. The van der Waals surface area contributed by atoms with Gasteiger partial charge >= 0.3 is 0 Å². The summed E-state index contributed by atoms with van der Waals surface area (Å²) >= 11 is 4.71. The van der Waals surface area contributed by atoms with Gasteiger partial charge < -0.3 is 9.68 Å². The number of amides is 2. The van der Waals surface area contributed by atoms with Gasteiger partial charge in [0.25, 0.3) is 11.8 Å². The van der Waals surface area contributed by atoms with Crippen molar-refractivity contribution in [2.45, 2.75) is 51.4 Å². The predicted octanol–water partition coefficient (Wildman–Crippen LogP) is 3.49. The Morgan fingerprint density at radius 3 is 1.22 bits per heavy atom. The van der Waals surface area contributed by atoms with E-state index in [4.69, 9.17) is 31.0 Å². The van der Waals surface area contributed by atoms with E-state index in [2.05, 4.69) is 30.7 Å². The fourth-order valence-corrected chi connectivity index (χ4v) is 2.60. The molecule has 0 bridgehead atoms. The van der Waals surface area contributed by atoms with Gasteiger partial charge in [-0.3, -0.25) is 24.1 Å². The lowest BCUT2D eigenvalue weighted by molar-refractivity contribution is -0.171. The maximum Gasteiger partial charge on any atom is 0.269 e. The zero-order valence-corrected chi connectivity index (χ0v) is 23.7. The van der Waals surface area contributed by atoms with Crippen LogP contribution in [0.25, 0.3) is 0 Å². The summed E-state index contributed by atoms with van der Waals surface area (Å²) in [5, 5.41) is 2.04. The smallest absolute Gasteiger partial charge is 0.269 e. The van der Waals surface area contributed by atoms with Crippen molar-refractivity contribution in [3.05, 3.63) is 38.0 Å². The van der Waals surface area contributed by atoms with Gasteiger partial charge in [0.2, 0.25) is 5.24 Å². The van der Waals surface area contributed by atoms with Crippen LogP contribution in [0.3, 0.4) is 0 Å². The van der Waals surface area contributed by atoms with E-state index in [-0.39, 0.29) is 11.8 Å². The molecule has 216 valence electrons.